The Hall–Kier alpha value is -2.46. The van der Waals surface area contributed by atoms with Gasteiger partial charge in [0.15, 0.2) is 0 Å². The van der Waals surface area contributed by atoms with Gasteiger partial charge >= 0.3 is 0 Å². The van der Waals surface area contributed by atoms with Crippen molar-refractivity contribution in [2.75, 3.05) is 0 Å². The Morgan fingerprint density at radius 1 is 1.00 bits per heavy atom. The number of non-ortho nitro benzene ring substituents is 2. The number of nitro benzene ring substituents is 2. The minimum atomic E-state index is -1.96. The van der Waals surface area contributed by atoms with Gasteiger partial charge in [0, 0.05) is 18.7 Å². The number of rotatable bonds is 7. The zero-order valence-corrected chi connectivity index (χ0v) is 16.2. The van der Waals surface area contributed by atoms with Crippen LogP contribution in [0.25, 0.3) is 0 Å². The molecular weight excluding hydrogens is 435 g/mol. The first-order chi connectivity index (χ1) is 13.1. The molecule has 0 aliphatic heterocycles. The average Bonchev–Trinajstić information content (AvgIpc) is 2.64. The van der Waals surface area contributed by atoms with Crippen LogP contribution in [-0.4, -0.2) is 25.7 Å². The van der Waals surface area contributed by atoms with Crippen molar-refractivity contribution < 1.29 is 14.6 Å². The molecule has 1 unspecified atom stereocenters. The molecule has 0 fully saturated rings. The lowest BCUT2D eigenvalue weighted by molar-refractivity contribution is -0.394. The van der Waals surface area contributed by atoms with Gasteiger partial charge in [-0.2, -0.15) is 0 Å². The van der Waals surface area contributed by atoms with E-state index in [0.717, 1.165) is 23.8 Å². The number of nitro groups is 2. The van der Waals surface area contributed by atoms with Gasteiger partial charge in [-0.3, -0.25) is 30.3 Å². The summed E-state index contributed by atoms with van der Waals surface area (Å²) in [6.07, 6.45) is -1.18. The normalized spacial score (nSPS) is 12.2. The van der Waals surface area contributed by atoms with Gasteiger partial charge in [0.2, 0.25) is 3.79 Å². The zero-order valence-electron chi connectivity index (χ0n) is 14.0. The molecule has 1 atom stereocenters. The Morgan fingerprint density at radius 3 is 2.00 bits per heavy atom. The van der Waals surface area contributed by atoms with Gasteiger partial charge in [-0.05, 0) is 5.56 Å². The third-order valence-electron chi connectivity index (χ3n) is 3.54. The van der Waals surface area contributed by atoms with Gasteiger partial charge in [-0.1, -0.05) is 65.1 Å². The number of nitrogens with zero attached hydrogens (tertiary/aromatic N) is 2. The second kappa shape index (κ2) is 9.16. The van der Waals surface area contributed by atoms with E-state index in [1.54, 1.807) is 0 Å². The average molecular weight is 448 g/mol. The molecular formula is C16H13Cl3N4O5. The lowest BCUT2D eigenvalue weighted by Crippen LogP contribution is -2.53. The summed E-state index contributed by atoms with van der Waals surface area (Å²) in [5.74, 6) is -0.885. The first kappa shape index (κ1) is 21.8. The summed E-state index contributed by atoms with van der Waals surface area (Å²) >= 11 is 17.7. The fraction of sp³-hybridized carbons (Fsp3) is 0.188. The van der Waals surface area contributed by atoms with Gasteiger partial charge < -0.3 is 5.32 Å². The van der Waals surface area contributed by atoms with E-state index in [0.29, 0.717) is 0 Å². The van der Waals surface area contributed by atoms with Gasteiger partial charge in [0.05, 0.1) is 21.5 Å². The monoisotopic (exact) mass is 446 g/mol. The Balaban J connectivity index is 2.23. The van der Waals surface area contributed by atoms with Gasteiger partial charge in [-0.15, -0.1) is 0 Å². The van der Waals surface area contributed by atoms with Gasteiger partial charge in [0.25, 0.3) is 17.3 Å². The molecule has 0 spiro atoms. The number of benzene rings is 2. The van der Waals surface area contributed by atoms with E-state index >= 15 is 0 Å². The van der Waals surface area contributed by atoms with Crippen molar-refractivity contribution in [3.8, 4) is 0 Å². The fourth-order valence-electron chi connectivity index (χ4n) is 2.22. The molecule has 12 heteroatoms. The molecule has 2 aromatic rings. The van der Waals surface area contributed by atoms with Crippen molar-refractivity contribution in [1.82, 2.24) is 10.6 Å². The first-order valence-corrected chi connectivity index (χ1v) is 8.80. The quantitative estimate of drug-likeness (QED) is 0.288. The van der Waals surface area contributed by atoms with Crippen LogP contribution in [0.3, 0.4) is 0 Å². The number of halogens is 3. The highest BCUT2D eigenvalue weighted by Gasteiger charge is 2.34. The van der Waals surface area contributed by atoms with Crippen molar-refractivity contribution in [3.05, 3.63) is 79.9 Å². The van der Waals surface area contributed by atoms with Crippen LogP contribution >= 0.6 is 34.8 Å². The molecule has 1 amide bonds. The van der Waals surface area contributed by atoms with Gasteiger partial charge in [0.1, 0.15) is 6.17 Å². The SMILES string of the molecule is O=C(NC(NCc1ccccc1)C(Cl)(Cl)Cl)c1cc([N+](=O)[O-])cc([N+](=O)[O-])c1. The van der Waals surface area contributed by atoms with E-state index in [1.165, 1.54) is 0 Å². The summed E-state index contributed by atoms with van der Waals surface area (Å²) in [5.41, 5.74) is -0.687. The molecule has 148 valence electrons. The molecule has 0 aliphatic carbocycles. The molecule has 0 bridgehead atoms. The maximum atomic E-state index is 12.5. The van der Waals surface area contributed by atoms with Crippen molar-refractivity contribution in [3.63, 3.8) is 0 Å². The second-order valence-electron chi connectivity index (χ2n) is 5.57. The van der Waals surface area contributed by atoms with Crippen molar-refractivity contribution in [2.24, 2.45) is 0 Å². The molecule has 2 aromatic carbocycles. The maximum absolute atomic E-state index is 12.5. The highest BCUT2D eigenvalue weighted by atomic mass is 35.6. The van der Waals surface area contributed by atoms with Crippen molar-refractivity contribution >= 4 is 52.1 Å². The topological polar surface area (TPSA) is 127 Å². The minimum absolute atomic E-state index is 0.245. The smallest absolute Gasteiger partial charge is 0.277 e. The lowest BCUT2D eigenvalue weighted by atomic mass is 10.1. The predicted molar refractivity (Wildman–Crippen MR) is 105 cm³/mol. The Labute approximate surface area is 173 Å². The first-order valence-electron chi connectivity index (χ1n) is 7.66. The molecule has 0 radical (unpaired) electrons. The largest absolute Gasteiger partial charge is 0.333 e. The molecule has 0 heterocycles. The zero-order chi connectivity index (χ0) is 20.9. The van der Waals surface area contributed by atoms with Crippen LogP contribution in [0.5, 0.6) is 0 Å². The summed E-state index contributed by atoms with van der Waals surface area (Å²) in [4.78, 5) is 32.7. The van der Waals surface area contributed by atoms with E-state index in [4.69, 9.17) is 34.8 Å². The van der Waals surface area contributed by atoms with Crippen LogP contribution in [0, 0.1) is 20.2 Å². The van der Waals surface area contributed by atoms with Crippen LogP contribution in [0.2, 0.25) is 0 Å². The predicted octanol–water partition coefficient (Wildman–Crippen LogP) is 3.72. The van der Waals surface area contributed by atoms with Gasteiger partial charge in [-0.25, -0.2) is 0 Å². The van der Waals surface area contributed by atoms with Crippen LogP contribution in [0.4, 0.5) is 11.4 Å². The summed E-state index contributed by atoms with van der Waals surface area (Å²) in [6, 6.07) is 11.6. The lowest BCUT2D eigenvalue weighted by Gasteiger charge is -2.26. The van der Waals surface area contributed by atoms with E-state index in [-0.39, 0.29) is 12.1 Å². The fourth-order valence-corrected chi connectivity index (χ4v) is 2.61. The molecule has 0 saturated carbocycles. The highest BCUT2D eigenvalue weighted by Crippen LogP contribution is 2.30. The number of nitrogens with one attached hydrogen (secondary N) is 2. The third-order valence-corrected chi connectivity index (χ3v) is 4.20. The summed E-state index contributed by atoms with van der Waals surface area (Å²) in [6.45, 7) is 0.245. The molecule has 0 saturated heterocycles. The minimum Gasteiger partial charge on any atom is -0.333 e. The number of hydrogen-bond acceptors (Lipinski definition) is 6. The van der Waals surface area contributed by atoms with Crippen LogP contribution < -0.4 is 10.6 Å². The summed E-state index contributed by atoms with van der Waals surface area (Å²) in [7, 11) is 0. The summed E-state index contributed by atoms with van der Waals surface area (Å²) in [5, 5.41) is 27.2. The third kappa shape index (κ3) is 6.03. The van der Waals surface area contributed by atoms with Crippen molar-refractivity contribution in [2.45, 2.75) is 16.5 Å². The summed E-state index contributed by atoms with van der Waals surface area (Å²) < 4.78 is -1.96. The second-order valence-corrected chi connectivity index (χ2v) is 7.94. The van der Waals surface area contributed by atoms with E-state index < -0.39 is 37.1 Å². The molecule has 9 nitrogen and oxygen atoms in total. The van der Waals surface area contributed by atoms with Crippen molar-refractivity contribution in [1.29, 1.82) is 0 Å². The molecule has 2 rings (SSSR count). The molecule has 28 heavy (non-hydrogen) atoms. The van der Waals surface area contributed by atoms with Crippen LogP contribution in [-0.2, 0) is 6.54 Å². The van der Waals surface area contributed by atoms with Crippen LogP contribution in [0.1, 0.15) is 15.9 Å². The van der Waals surface area contributed by atoms with Crippen LogP contribution in [0.15, 0.2) is 48.5 Å². The number of carbonyl (C=O) groups excluding carboxylic acids is 1. The molecule has 0 aromatic heterocycles. The van der Waals surface area contributed by atoms with E-state index in [9.17, 15) is 25.0 Å². The van der Waals surface area contributed by atoms with E-state index in [2.05, 4.69) is 10.6 Å². The Morgan fingerprint density at radius 2 is 1.54 bits per heavy atom. The molecule has 0 aliphatic rings. The maximum Gasteiger partial charge on any atom is 0.277 e. The Bertz CT molecular complexity index is 857. The number of carbonyl (C=O) groups is 1. The highest BCUT2D eigenvalue weighted by molar-refractivity contribution is 6.68. The Kier molecular flexibility index (Phi) is 7.14. The van der Waals surface area contributed by atoms with E-state index in [1.807, 2.05) is 30.3 Å². The number of alkyl halides is 3. The molecule has 2 N–H and O–H groups in total. The standard InChI is InChI=1S/C16H13Cl3N4O5/c17-16(18,19)15(20-9-10-4-2-1-3-5-10)21-14(24)11-6-12(22(25)26)8-13(7-11)23(27)28/h1-8,15,20H,9H2,(H,21,24). The number of amides is 1. The number of hydrogen-bond donors (Lipinski definition) is 2.